The molecule has 2 unspecified atom stereocenters. The third kappa shape index (κ3) is 3.72. The second-order valence-corrected chi connectivity index (χ2v) is 7.07. The summed E-state index contributed by atoms with van der Waals surface area (Å²) >= 11 is 0. The fourth-order valence-electron chi connectivity index (χ4n) is 3.70. The predicted molar refractivity (Wildman–Crippen MR) is 96.2 cm³/mol. The summed E-state index contributed by atoms with van der Waals surface area (Å²) in [6, 6.07) is 4.37. The summed E-state index contributed by atoms with van der Waals surface area (Å²) in [6.45, 7) is 5.15. The van der Waals surface area contributed by atoms with Crippen molar-refractivity contribution in [2.75, 3.05) is 26.2 Å². The topological polar surface area (TPSA) is 43.4 Å². The molecule has 2 atom stereocenters. The maximum atomic E-state index is 12.7. The van der Waals surface area contributed by atoms with Gasteiger partial charge >= 0.3 is 6.18 Å². The highest BCUT2D eigenvalue weighted by Crippen LogP contribution is 2.33. The molecule has 0 bridgehead atoms. The van der Waals surface area contributed by atoms with Crippen LogP contribution in [0.3, 0.4) is 0 Å². The van der Waals surface area contributed by atoms with Gasteiger partial charge in [-0.3, -0.25) is 9.88 Å². The molecule has 4 rings (SSSR count). The summed E-state index contributed by atoms with van der Waals surface area (Å²) in [4.78, 5) is 6.71. The monoisotopic (exact) mass is 377 g/mol. The summed E-state index contributed by atoms with van der Waals surface area (Å²) in [5, 5.41) is 4.61. The molecule has 1 aromatic rings. The lowest BCUT2D eigenvalue weighted by atomic mass is 10.0. The first kappa shape index (κ1) is 18.1. The largest absolute Gasteiger partial charge is 0.412 e. The summed E-state index contributed by atoms with van der Waals surface area (Å²) < 4.78 is 38.1. The molecule has 144 valence electrons. The lowest BCUT2D eigenvalue weighted by molar-refractivity contribution is -0.142. The Balaban J connectivity index is 1.41. The van der Waals surface area contributed by atoms with Crippen molar-refractivity contribution in [1.29, 1.82) is 0 Å². The van der Waals surface area contributed by atoms with Gasteiger partial charge in [0.15, 0.2) is 0 Å². The molecule has 4 heterocycles. The average molecular weight is 377 g/mol. The molecule has 5 nitrogen and oxygen atoms in total. The van der Waals surface area contributed by atoms with Crippen LogP contribution in [0.5, 0.6) is 0 Å². The van der Waals surface area contributed by atoms with Gasteiger partial charge in [0.2, 0.25) is 0 Å². The number of rotatable bonds is 3. The zero-order valence-corrected chi connectivity index (χ0v) is 15.0. The van der Waals surface area contributed by atoms with Gasteiger partial charge < -0.3 is 10.3 Å². The van der Waals surface area contributed by atoms with E-state index in [4.69, 9.17) is 0 Å². The van der Waals surface area contributed by atoms with Crippen LogP contribution in [-0.4, -0.2) is 53.3 Å². The van der Waals surface area contributed by atoms with Gasteiger partial charge in [0.05, 0.1) is 11.7 Å². The fourth-order valence-corrected chi connectivity index (χ4v) is 3.70. The fraction of sp³-hybridized carbons (Fsp3) is 0.421. The molecular weight excluding hydrogens is 355 g/mol. The molecular formula is C19H22F3N5. The molecule has 0 aliphatic carbocycles. The molecule has 2 N–H and O–H groups in total. The Hall–Kier alpha value is -2.32. The molecule has 0 saturated carbocycles. The van der Waals surface area contributed by atoms with Crippen molar-refractivity contribution in [3.8, 4) is 0 Å². The number of hydrogen-bond donors (Lipinski definition) is 2. The summed E-state index contributed by atoms with van der Waals surface area (Å²) in [6.07, 6.45) is 1.77. The smallest absolute Gasteiger partial charge is 0.377 e. The average Bonchev–Trinajstić information content (AvgIpc) is 2.99. The van der Waals surface area contributed by atoms with Crippen LogP contribution in [0.1, 0.15) is 18.7 Å². The van der Waals surface area contributed by atoms with Gasteiger partial charge in [0.25, 0.3) is 0 Å². The number of dihydropyridines is 1. The van der Waals surface area contributed by atoms with E-state index in [2.05, 4.69) is 32.6 Å². The van der Waals surface area contributed by atoms with Gasteiger partial charge in [0.1, 0.15) is 6.04 Å². The number of pyridine rings is 1. The normalized spacial score (nSPS) is 26.1. The van der Waals surface area contributed by atoms with Crippen LogP contribution in [0.15, 0.2) is 59.6 Å². The van der Waals surface area contributed by atoms with Gasteiger partial charge in [-0.25, -0.2) is 5.43 Å². The molecule has 0 spiro atoms. The SMILES string of the molecule is CC1=C2CN(CC3=CNC(C(F)(F)F)C=C3)CCN2NC1c1ccccn1. The molecule has 1 saturated heterocycles. The van der Waals surface area contributed by atoms with Crippen LogP contribution < -0.4 is 10.7 Å². The molecule has 1 aromatic heterocycles. The lowest BCUT2D eigenvalue weighted by Crippen LogP contribution is -2.48. The Morgan fingerprint density at radius 1 is 1.26 bits per heavy atom. The van der Waals surface area contributed by atoms with Crippen molar-refractivity contribution in [3.05, 3.63) is 65.3 Å². The molecule has 1 fully saturated rings. The van der Waals surface area contributed by atoms with Gasteiger partial charge in [0, 0.05) is 44.3 Å². The van der Waals surface area contributed by atoms with E-state index in [1.165, 1.54) is 23.5 Å². The molecule has 3 aliphatic rings. The first-order valence-electron chi connectivity index (χ1n) is 8.98. The van der Waals surface area contributed by atoms with Gasteiger partial charge in [-0.15, -0.1) is 0 Å². The molecule has 27 heavy (non-hydrogen) atoms. The van der Waals surface area contributed by atoms with Gasteiger partial charge in [-0.1, -0.05) is 18.2 Å². The van der Waals surface area contributed by atoms with Gasteiger partial charge in [-0.2, -0.15) is 13.2 Å². The molecule has 3 aliphatic heterocycles. The van der Waals surface area contributed by atoms with E-state index in [9.17, 15) is 13.2 Å². The second-order valence-electron chi connectivity index (χ2n) is 7.07. The number of fused-ring (bicyclic) bond motifs is 1. The van der Waals surface area contributed by atoms with E-state index in [0.29, 0.717) is 6.54 Å². The standard InChI is InChI=1S/C19H22F3N5/c1-13-16-12-26(11-14-5-6-17(24-10-14)19(20,21)22)8-9-27(16)25-18(13)15-4-2-3-7-23-15/h2-7,10,17-18,24-25H,8-9,11-12H2,1H3. The number of alkyl halides is 3. The lowest BCUT2D eigenvalue weighted by Gasteiger charge is -2.36. The number of hydrogen-bond acceptors (Lipinski definition) is 5. The number of hydrazine groups is 1. The number of nitrogens with zero attached hydrogens (tertiary/aromatic N) is 3. The highest BCUT2D eigenvalue weighted by molar-refractivity contribution is 5.32. The Morgan fingerprint density at radius 2 is 2.11 bits per heavy atom. The van der Waals surface area contributed by atoms with Crippen molar-refractivity contribution in [2.24, 2.45) is 0 Å². The maximum absolute atomic E-state index is 12.7. The van der Waals surface area contributed by atoms with E-state index in [1.807, 2.05) is 18.2 Å². The Kier molecular flexibility index (Phi) is 4.69. The van der Waals surface area contributed by atoms with Gasteiger partial charge in [-0.05, 0) is 30.2 Å². The number of aromatic nitrogens is 1. The Labute approximate surface area is 156 Å². The summed E-state index contributed by atoms with van der Waals surface area (Å²) in [5.41, 5.74) is 7.81. The predicted octanol–water partition coefficient (Wildman–Crippen LogP) is 2.51. The van der Waals surface area contributed by atoms with Crippen LogP contribution in [0.25, 0.3) is 0 Å². The third-order valence-corrected chi connectivity index (χ3v) is 5.21. The van der Waals surface area contributed by atoms with Crippen LogP contribution in [0.2, 0.25) is 0 Å². The molecule has 0 amide bonds. The minimum atomic E-state index is -4.26. The Bertz CT molecular complexity index is 784. The highest BCUT2D eigenvalue weighted by Gasteiger charge is 2.38. The second kappa shape index (κ2) is 7.01. The highest BCUT2D eigenvalue weighted by atomic mass is 19.4. The number of piperazine rings is 1. The Morgan fingerprint density at radius 3 is 2.78 bits per heavy atom. The van der Waals surface area contributed by atoms with E-state index in [0.717, 1.165) is 30.9 Å². The third-order valence-electron chi connectivity index (χ3n) is 5.21. The number of nitrogens with one attached hydrogen (secondary N) is 2. The van der Waals surface area contributed by atoms with Crippen LogP contribution in [-0.2, 0) is 0 Å². The van der Waals surface area contributed by atoms with Crippen molar-refractivity contribution in [3.63, 3.8) is 0 Å². The zero-order valence-electron chi connectivity index (χ0n) is 15.0. The first-order chi connectivity index (χ1) is 12.9. The van der Waals surface area contributed by atoms with Crippen LogP contribution in [0, 0.1) is 0 Å². The van der Waals surface area contributed by atoms with Crippen molar-refractivity contribution >= 4 is 0 Å². The quantitative estimate of drug-likeness (QED) is 0.848. The van der Waals surface area contributed by atoms with E-state index < -0.39 is 12.2 Å². The summed E-state index contributed by atoms with van der Waals surface area (Å²) in [7, 11) is 0. The first-order valence-corrected chi connectivity index (χ1v) is 8.98. The van der Waals surface area contributed by atoms with Crippen molar-refractivity contribution < 1.29 is 13.2 Å². The van der Waals surface area contributed by atoms with E-state index in [1.54, 1.807) is 12.3 Å². The molecule has 0 radical (unpaired) electrons. The van der Waals surface area contributed by atoms with Crippen LogP contribution >= 0.6 is 0 Å². The van der Waals surface area contributed by atoms with Crippen molar-refractivity contribution in [2.45, 2.75) is 25.2 Å². The van der Waals surface area contributed by atoms with E-state index in [-0.39, 0.29) is 6.04 Å². The van der Waals surface area contributed by atoms with Crippen molar-refractivity contribution in [1.82, 2.24) is 25.6 Å². The maximum Gasteiger partial charge on any atom is 0.412 e. The van der Waals surface area contributed by atoms with Crippen LogP contribution in [0.4, 0.5) is 13.2 Å². The molecule has 8 heteroatoms. The molecule has 0 aromatic carbocycles. The minimum Gasteiger partial charge on any atom is -0.377 e. The minimum absolute atomic E-state index is 0.0733. The number of halogens is 3. The zero-order chi connectivity index (χ0) is 19.0. The van der Waals surface area contributed by atoms with E-state index >= 15 is 0 Å². The summed E-state index contributed by atoms with van der Waals surface area (Å²) in [5.74, 6) is 0.